The Morgan fingerprint density at radius 1 is 1.02 bits per heavy atom. The molecule has 2 unspecified atom stereocenters. The number of aryl methyl sites for hydroxylation is 1. The molecule has 46 heavy (non-hydrogen) atoms. The number of carbonyl (C=O) groups is 5. The van der Waals surface area contributed by atoms with Crippen LogP contribution in [0.2, 0.25) is 0 Å². The van der Waals surface area contributed by atoms with Gasteiger partial charge in [0.05, 0.1) is 6.04 Å². The fourth-order valence-corrected chi connectivity index (χ4v) is 5.17. The predicted octanol–water partition coefficient (Wildman–Crippen LogP) is 5.98. The number of nitrogens with one attached hydrogen (secondary N) is 2. The van der Waals surface area contributed by atoms with Crippen molar-refractivity contribution in [2.75, 3.05) is 33.7 Å². The minimum Gasteiger partial charge on any atom is -0.444 e. The number of hydrogen-bond acceptors (Lipinski definition) is 7. The number of likely N-dealkylation sites (tertiary alicyclic amines) is 2. The van der Waals surface area contributed by atoms with E-state index < -0.39 is 5.60 Å². The molecule has 2 atom stereocenters. The number of nitrogens with two attached hydrogens (primary N) is 1. The molecule has 2 heterocycles. The molecular weight excluding hydrogens is 722 g/mol. The zero-order valence-electron chi connectivity index (χ0n) is 29.4. The molecule has 266 valence electrons. The third-order valence-electron chi connectivity index (χ3n) is 6.06. The van der Waals surface area contributed by atoms with E-state index in [4.69, 9.17) is 15.3 Å². The van der Waals surface area contributed by atoms with Gasteiger partial charge in [0.1, 0.15) is 11.9 Å². The first kappa shape index (κ1) is 47.9. The fourth-order valence-electron chi connectivity index (χ4n) is 3.65. The lowest BCUT2D eigenvalue weighted by atomic mass is 10.2. The van der Waals surface area contributed by atoms with E-state index in [0.29, 0.717) is 19.4 Å². The van der Waals surface area contributed by atoms with Crippen LogP contribution in [0, 0.1) is 6.92 Å². The van der Waals surface area contributed by atoms with Crippen LogP contribution in [-0.2, 0) is 23.9 Å². The zero-order chi connectivity index (χ0) is 36.1. The third kappa shape index (κ3) is 31.5. The normalized spacial score (nSPS) is 16.4. The molecule has 0 aliphatic carbocycles. The number of benzene rings is 1. The van der Waals surface area contributed by atoms with E-state index in [1.807, 2.05) is 40.7 Å². The molecule has 2 aliphatic rings. The number of carbonyl (C=O) groups excluding carboxylic acids is 5. The van der Waals surface area contributed by atoms with Crippen LogP contribution in [-0.4, -0.2) is 92.3 Å². The van der Waals surface area contributed by atoms with Gasteiger partial charge in [0.25, 0.3) is 0 Å². The van der Waals surface area contributed by atoms with Gasteiger partial charge in [0.2, 0.25) is 18.7 Å². The first-order valence-corrected chi connectivity index (χ1v) is 17.2. The first-order valence-electron chi connectivity index (χ1n) is 15.7. The zero-order valence-corrected chi connectivity index (χ0v) is 32.5. The minimum atomic E-state index is -0.391. The Balaban J connectivity index is -0.000000494. The fraction of sp³-hybridized carbons (Fsp3) is 0.667. The van der Waals surface area contributed by atoms with Crippen LogP contribution in [0.15, 0.2) is 27.1 Å². The van der Waals surface area contributed by atoms with E-state index in [2.05, 4.69) is 80.4 Å². The van der Waals surface area contributed by atoms with Crippen LogP contribution in [0.25, 0.3) is 0 Å². The van der Waals surface area contributed by atoms with Crippen molar-refractivity contribution in [3.8, 4) is 0 Å². The van der Waals surface area contributed by atoms with Crippen LogP contribution in [0.3, 0.4) is 0 Å². The lowest BCUT2D eigenvalue weighted by Crippen LogP contribution is -2.32. The molecule has 2 saturated heterocycles. The molecule has 0 spiro atoms. The van der Waals surface area contributed by atoms with Crippen molar-refractivity contribution < 1.29 is 28.7 Å². The second-order valence-electron chi connectivity index (χ2n) is 11.7. The van der Waals surface area contributed by atoms with Crippen LogP contribution in [0.4, 0.5) is 4.79 Å². The molecule has 1 aromatic rings. The van der Waals surface area contributed by atoms with Crippen molar-refractivity contribution in [1.82, 2.24) is 20.4 Å². The van der Waals surface area contributed by atoms with Crippen LogP contribution < -0.4 is 16.4 Å². The highest BCUT2D eigenvalue weighted by Crippen LogP contribution is 2.19. The highest BCUT2D eigenvalue weighted by Gasteiger charge is 2.21. The Kier molecular flexibility index (Phi) is 31.1. The molecule has 4 N–H and O–H groups in total. The Hall–Kier alpha value is -2.51. The summed E-state index contributed by atoms with van der Waals surface area (Å²) in [7, 11) is 3.75. The van der Waals surface area contributed by atoms with Gasteiger partial charge in [0, 0.05) is 41.5 Å². The van der Waals surface area contributed by atoms with Crippen molar-refractivity contribution in [2.45, 2.75) is 111 Å². The van der Waals surface area contributed by atoms with Crippen molar-refractivity contribution in [1.29, 1.82) is 0 Å². The summed E-state index contributed by atoms with van der Waals surface area (Å²) in [4.78, 5) is 54.0. The van der Waals surface area contributed by atoms with Crippen LogP contribution in [0.5, 0.6) is 0 Å². The molecular formula is C33H59Br2N5O6. The van der Waals surface area contributed by atoms with E-state index in [-0.39, 0.29) is 18.0 Å². The van der Waals surface area contributed by atoms with Crippen molar-refractivity contribution in [3.63, 3.8) is 0 Å². The van der Waals surface area contributed by atoms with Gasteiger partial charge in [0.15, 0.2) is 0 Å². The number of halogens is 2. The summed E-state index contributed by atoms with van der Waals surface area (Å²) < 4.78 is 7.23. The topological polar surface area (TPSA) is 151 Å². The summed E-state index contributed by atoms with van der Waals surface area (Å²) in [6, 6.07) is 6.88. The quantitative estimate of drug-likeness (QED) is 0.288. The summed E-state index contributed by atoms with van der Waals surface area (Å²) in [5.74, 6) is -0.211. The van der Waals surface area contributed by atoms with Crippen LogP contribution >= 0.6 is 31.9 Å². The molecule has 2 aliphatic heterocycles. The second-order valence-corrected chi connectivity index (χ2v) is 13.5. The average molecular weight is 782 g/mol. The minimum absolute atomic E-state index is 0.137. The predicted molar refractivity (Wildman–Crippen MR) is 194 cm³/mol. The van der Waals surface area contributed by atoms with Gasteiger partial charge < -0.3 is 35.7 Å². The second kappa shape index (κ2) is 29.9. The number of rotatable bonds is 7. The van der Waals surface area contributed by atoms with E-state index in [9.17, 15) is 19.2 Å². The number of amides is 4. The number of aldehydes is 1. The molecule has 3 rings (SSSR count). The van der Waals surface area contributed by atoms with Gasteiger partial charge in [-0.1, -0.05) is 45.7 Å². The number of nitrogens with zero attached hydrogens (tertiary/aromatic N) is 2. The maximum Gasteiger partial charge on any atom is 0.407 e. The monoisotopic (exact) mass is 779 g/mol. The molecule has 2 fully saturated rings. The van der Waals surface area contributed by atoms with Crippen LogP contribution in [0.1, 0.15) is 92.1 Å². The van der Waals surface area contributed by atoms with Gasteiger partial charge in [-0.25, -0.2) is 4.79 Å². The Morgan fingerprint density at radius 3 is 1.83 bits per heavy atom. The number of ether oxygens (including phenoxy) is 1. The van der Waals surface area contributed by atoms with Crippen molar-refractivity contribution in [2.24, 2.45) is 5.73 Å². The number of hydrogen-bond donors (Lipinski definition) is 3. The van der Waals surface area contributed by atoms with Gasteiger partial charge in [-0.15, -0.1) is 0 Å². The largest absolute Gasteiger partial charge is 0.444 e. The highest BCUT2D eigenvalue weighted by atomic mass is 79.9. The molecule has 0 aromatic heterocycles. The summed E-state index contributed by atoms with van der Waals surface area (Å²) in [5, 5.41) is 4.88. The molecule has 0 radical (unpaired) electrons. The number of alkyl carbamates (subject to hydrolysis) is 1. The van der Waals surface area contributed by atoms with Gasteiger partial charge in [-0.3, -0.25) is 14.4 Å². The third-order valence-corrected chi connectivity index (χ3v) is 6.97. The smallest absolute Gasteiger partial charge is 0.407 e. The van der Waals surface area contributed by atoms with Gasteiger partial charge in [-0.05, 0) is 110 Å². The summed E-state index contributed by atoms with van der Waals surface area (Å²) >= 11 is 6.77. The molecule has 0 saturated carbocycles. The van der Waals surface area contributed by atoms with E-state index in [0.717, 1.165) is 59.9 Å². The summed E-state index contributed by atoms with van der Waals surface area (Å²) in [6.45, 7) is 16.5. The van der Waals surface area contributed by atoms with Gasteiger partial charge in [-0.2, -0.15) is 0 Å². The summed E-state index contributed by atoms with van der Waals surface area (Å²) in [5.41, 5.74) is 5.63. The Bertz CT molecular complexity index is 906. The number of primary amides is 1. The Morgan fingerprint density at radius 2 is 1.57 bits per heavy atom. The average Bonchev–Trinajstić information content (AvgIpc) is 3.59. The maximum absolute atomic E-state index is 10.9. The standard InChI is InChI=1S/C8H17NO2.C7H6Br2.C6H9NO2.C6H13N.C4H9NO.C2H5NO/c1-5-6-9-7(10)11-8(2,3)4;1-5-2-6(8)4-7(9)3-5;8-4-6-2-1-3-7(6)5-9;1-6-4-3-5-7(6)2;1-2-3-4(5)6;1-3-2-4/h5-6H2,1-4H3,(H,9,10);2-4H,1H3;4-6H,1-3H2;6H,3-5H2,1-2H3;2-3H2,1H3,(H2,5,6);2H,1H3,(H,3,4). The van der Waals surface area contributed by atoms with E-state index in [1.54, 1.807) is 7.05 Å². The van der Waals surface area contributed by atoms with E-state index in [1.165, 1.54) is 29.8 Å². The van der Waals surface area contributed by atoms with Crippen molar-refractivity contribution >= 4 is 63.0 Å². The molecule has 13 heteroatoms. The lowest BCUT2D eigenvalue weighted by Gasteiger charge is -2.19. The summed E-state index contributed by atoms with van der Waals surface area (Å²) in [6.07, 6.45) is 8.76. The highest BCUT2D eigenvalue weighted by molar-refractivity contribution is 9.11. The SMILES string of the molecule is CC1CCCN1C.CCCC(N)=O.CCCNC(=O)OC(C)(C)C.CNC=O.Cc1cc(Br)cc(Br)c1.O=CC1CCCN1C=O. The van der Waals surface area contributed by atoms with Gasteiger partial charge >= 0.3 is 6.09 Å². The first-order chi connectivity index (χ1) is 21.5. The maximum atomic E-state index is 10.9. The molecule has 4 amide bonds. The lowest BCUT2D eigenvalue weighted by molar-refractivity contribution is -0.123. The Labute approximate surface area is 294 Å². The molecule has 11 nitrogen and oxygen atoms in total. The van der Waals surface area contributed by atoms with Crippen molar-refractivity contribution in [3.05, 3.63) is 32.7 Å². The molecule has 1 aromatic carbocycles. The molecule has 0 bridgehead atoms. The van der Waals surface area contributed by atoms with E-state index >= 15 is 0 Å².